The normalized spacial score (nSPS) is 21.3. The Morgan fingerprint density at radius 3 is 1.78 bits per heavy atom. The number of carbonyl (C=O) groups is 6. The molecule has 0 saturated carbocycles. The second-order valence-electron chi connectivity index (χ2n) is 6.58. The fraction of sp³-hybridized carbons (Fsp3) is 0.474. The Morgan fingerprint density at radius 1 is 0.889 bits per heavy atom. The molecular weight excluding hydrogens is 522 g/mol. The number of carbonyl (C=O) groups excluding carboxylic acids is 6. The third-order valence-electron chi connectivity index (χ3n) is 4.10. The third-order valence-corrected chi connectivity index (χ3v) is 6.17. The van der Waals surface area contributed by atoms with Gasteiger partial charge in [0.1, 0.15) is 0 Å². The van der Waals surface area contributed by atoms with Gasteiger partial charge < -0.3 is 9.26 Å². The van der Waals surface area contributed by atoms with Gasteiger partial charge >= 0.3 is 17.5 Å². The van der Waals surface area contributed by atoms with E-state index in [1.54, 1.807) is 26.8 Å². The number of ether oxygens (including phenoxy) is 1. The van der Waals surface area contributed by atoms with E-state index in [-0.39, 0.29) is 33.4 Å². The van der Waals surface area contributed by atoms with Crippen LogP contribution in [0.5, 0.6) is 0 Å². The molecular formula is C19H25N5O10S2. The van der Waals surface area contributed by atoms with Gasteiger partial charge in [0.15, 0.2) is 6.10 Å². The number of alkyl carbamates (subject to hydrolysis) is 1. The van der Waals surface area contributed by atoms with Crippen LogP contribution in [0.3, 0.4) is 0 Å². The number of amides is 6. The highest BCUT2D eigenvalue weighted by atomic mass is 32.2. The van der Waals surface area contributed by atoms with Gasteiger partial charge in [0.25, 0.3) is 22.3 Å². The lowest BCUT2D eigenvalue weighted by atomic mass is 10.3. The summed E-state index contributed by atoms with van der Waals surface area (Å²) in [6.45, 7) is 7.47. The number of hydrogen-bond donors (Lipinski definition) is 4. The molecule has 15 nitrogen and oxygen atoms in total. The lowest BCUT2D eigenvalue weighted by molar-refractivity contribution is -0.123. The molecule has 4 heterocycles. The summed E-state index contributed by atoms with van der Waals surface area (Å²) < 4.78 is 9.83. The van der Waals surface area contributed by atoms with Gasteiger partial charge in [-0.2, -0.15) is 4.74 Å². The monoisotopic (exact) mass is 547 g/mol. The number of thioether (sulfide) groups is 2. The van der Waals surface area contributed by atoms with Crippen molar-refractivity contribution in [1.29, 1.82) is 0 Å². The Kier molecular flexibility index (Phi) is 12.4. The SMILES string of the molecule is C/C=C1\SC(=O)NC1=O.CCC1OC(=O)NC1=O.CCC1SC(=O)NC1=O.CCn1oc(=O)[nH]c1=O. The van der Waals surface area contributed by atoms with Crippen molar-refractivity contribution in [2.45, 2.75) is 58.4 Å². The van der Waals surface area contributed by atoms with Crippen LogP contribution < -0.4 is 27.4 Å². The largest absolute Gasteiger partial charge is 0.440 e. The van der Waals surface area contributed by atoms with Gasteiger partial charge in [-0.05, 0) is 38.5 Å². The van der Waals surface area contributed by atoms with Gasteiger partial charge in [0, 0.05) is 0 Å². The third kappa shape index (κ3) is 9.57. The number of nitrogens with one attached hydrogen (secondary N) is 4. The average molecular weight is 548 g/mol. The minimum Gasteiger partial charge on any atom is -0.436 e. The lowest BCUT2D eigenvalue weighted by Crippen LogP contribution is -2.23. The molecule has 3 aliphatic rings. The number of imide groups is 3. The molecule has 0 aromatic carbocycles. The maximum Gasteiger partial charge on any atom is 0.440 e. The van der Waals surface area contributed by atoms with Crippen LogP contribution >= 0.6 is 23.5 Å². The van der Waals surface area contributed by atoms with Crippen molar-refractivity contribution in [3.63, 3.8) is 0 Å². The van der Waals surface area contributed by atoms with Crippen molar-refractivity contribution >= 4 is 57.8 Å². The summed E-state index contributed by atoms with van der Waals surface area (Å²) in [6, 6.07) is 0. The first-order valence-corrected chi connectivity index (χ1v) is 12.2. The number of rotatable bonds is 3. The number of H-pyrrole nitrogens is 1. The van der Waals surface area contributed by atoms with Crippen molar-refractivity contribution in [2.75, 3.05) is 0 Å². The van der Waals surface area contributed by atoms with Crippen LogP contribution in [0.25, 0.3) is 0 Å². The maximum atomic E-state index is 10.7. The van der Waals surface area contributed by atoms with E-state index in [2.05, 4.69) is 19.9 Å². The zero-order valence-corrected chi connectivity index (χ0v) is 21.3. The number of aromatic nitrogens is 2. The molecule has 3 fully saturated rings. The Hall–Kier alpha value is -3.60. The van der Waals surface area contributed by atoms with Gasteiger partial charge in [0.05, 0.1) is 16.7 Å². The van der Waals surface area contributed by atoms with Gasteiger partial charge in [-0.3, -0.25) is 39.9 Å². The standard InChI is InChI=1S/C5H7NO3.C5H7NO2S.C5H5NO2S.C4H6N2O3/c3*1-2-3-4(7)6-5(8)9-3;1-2-6-3(7)5-4(8)9-6/h2*3H,2H2,1H3,(H,6,7,8);2H,1H3,(H,6,7,8);2H2,1H3,(H,5,7,8)/b;;3-2-;. The Labute approximate surface area is 212 Å². The van der Waals surface area contributed by atoms with Crippen molar-refractivity contribution in [3.8, 4) is 0 Å². The molecule has 0 spiro atoms. The fourth-order valence-electron chi connectivity index (χ4n) is 2.36. The Morgan fingerprint density at radius 2 is 1.56 bits per heavy atom. The molecule has 1 aromatic heterocycles. The fourth-order valence-corrected chi connectivity index (χ4v) is 3.72. The summed E-state index contributed by atoms with van der Waals surface area (Å²) in [5.41, 5.74) is -0.498. The molecule has 0 radical (unpaired) electrons. The second kappa shape index (κ2) is 14.7. The molecule has 1 aromatic rings. The average Bonchev–Trinajstić information content (AvgIpc) is 3.54. The zero-order valence-electron chi connectivity index (χ0n) is 19.7. The number of cyclic esters (lactones) is 1. The highest BCUT2D eigenvalue weighted by molar-refractivity contribution is 8.18. The maximum absolute atomic E-state index is 10.7. The molecule has 198 valence electrons. The molecule has 4 N–H and O–H groups in total. The first kappa shape index (κ1) is 30.4. The van der Waals surface area contributed by atoms with Crippen molar-refractivity contribution in [2.24, 2.45) is 0 Å². The van der Waals surface area contributed by atoms with Crippen LogP contribution in [0.15, 0.2) is 25.1 Å². The quantitative estimate of drug-likeness (QED) is 0.387. The minimum absolute atomic E-state index is 0.141. The van der Waals surface area contributed by atoms with E-state index in [0.717, 1.165) is 34.7 Å². The van der Waals surface area contributed by atoms with E-state index in [9.17, 15) is 38.4 Å². The zero-order chi connectivity index (χ0) is 27.4. The highest BCUT2D eigenvalue weighted by Gasteiger charge is 2.30. The summed E-state index contributed by atoms with van der Waals surface area (Å²) in [6.07, 6.45) is 1.69. The van der Waals surface area contributed by atoms with Crippen molar-refractivity contribution in [3.05, 3.63) is 32.0 Å². The number of aromatic amines is 1. The van der Waals surface area contributed by atoms with Crippen LogP contribution in [0.2, 0.25) is 0 Å². The second-order valence-corrected chi connectivity index (χ2v) is 8.77. The van der Waals surface area contributed by atoms with E-state index in [1.807, 2.05) is 17.2 Å². The van der Waals surface area contributed by atoms with Gasteiger partial charge in [-0.1, -0.05) is 31.7 Å². The number of aryl methyl sites for hydroxylation is 1. The topological polar surface area (TPSA) is 216 Å². The number of hydrogen-bond acceptors (Lipinski definition) is 12. The first-order chi connectivity index (χ1) is 16.9. The first-order valence-electron chi connectivity index (χ1n) is 10.5. The molecule has 6 amide bonds. The Bertz CT molecular complexity index is 1120. The van der Waals surface area contributed by atoms with Crippen LogP contribution in [0, 0.1) is 0 Å². The molecule has 3 aliphatic heterocycles. The molecule has 0 bridgehead atoms. The van der Waals surface area contributed by atoms with E-state index < -0.39 is 23.6 Å². The van der Waals surface area contributed by atoms with Crippen LogP contribution in [-0.4, -0.2) is 55.4 Å². The van der Waals surface area contributed by atoms with Crippen LogP contribution in [-0.2, 0) is 25.7 Å². The number of allylic oxidation sites excluding steroid dienone is 1. The summed E-state index contributed by atoms with van der Waals surface area (Å²) in [7, 11) is 0. The smallest absolute Gasteiger partial charge is 0.436 e. The molecule has 2 unspecified atom stereocenters. The highest BCUT2D eigenvalue weighted by Crippen LogP contribution is 2.22. The van der Waals surface area contributed by atoms with Gasteiger partial charge in [-0.15, -0.1) is 0 Å². The van der Waals surface area contributed by atoms with Crippen LogP contribution in [0.4, 0.5) is 14.4 Å². The molecule has 36 heavy (non-hydrogen) atoms. The molecule has 3 saturated heterocycles. The van der Waals surface area contributed by atoms with E-state index in [1.165, 1.54) is 0 Å². The van der Waals surface area contributed by atoms with Gasteiger partial charge in [0.2, 0.25) is 5.91 Å². The summed E-state index contributed by atoms with van der Waals surface area (Å²) >= 11 is 2.01. The number of nitrogens with zero attached hydrogens (tertiary/aromatic N) is 1. The predicted molar refractivity (Wildman–Crippen MR) is 128 cm³/mol. The molecule has 0 aliphatic carbocycles. The lowest BCUT2D eigenvalue weighted by Gasteiger charge is -1.97. The minimum atomic E-state index is -0.707. The van der Waals surface area contributed by atoms with Crippen LogP contribution in [0.1, 0.15) is 40.5 Å². The predicted octanol–water partition coefficient (Wildman–Crippen LogP) is 0.802. The molecule has 17 heteroatoms. The van der Waals surface area contributed by atoms with E-state index in [4.69, 9.17) is 0 Å². The van der Waals surface area contributed by atoms with E-state index in [0.29, 0.717) is 17.9 Å². The molecule has 4 rings (SSSR count). The summed E-state index contributed by atoms with van der Waals surface area (Å²) in [5.74, 6) is -1.47. The van der Waals surface area contributed by atoms with Gasteiger partial charge in [-0.25, -0.2) is 19.4 Å². The van der Waals surface area contributed by atoms with Crippen molar-refractivity contribution < 1.29 is 38.0 Å². The van der Waals surface area contributed by atoms with E-state index >= 15 is 0 Å². The summed E-state index contributed by atoms with van der Waals surface area (Å²) in [4.78, 5) is 86.1. The Balaban J connectivity index is 0.000000240. The molecule has 2 atom stereocenters. The summed E-state index contributed by atoms with van der Waals surface area (Å²) in [5, 5.41) is 5.71. The van der Waals surface area contributed by atoms with Crippen molar-refractivity contribution in [1.82, 2.24) is 25.7 Å².